The van der Waals surface area contributed by atoms with Crippen molar-refractivity contribution >= 4 is 11.9 Å². The summed E-state index contributed by atoms with van der Waals surface area (Å²) < 4.78 is 5.83. The van der Waals surface area contributed by atoms with Crippen molar-refractivity contribution in [2.75, 3.05) is 0 Å². The van der Waals surface area contributed by atoms with E-state index in [0.717, 1.165) is 77.0 Å². The molecule has 0 aliphatic rings. The third-order valence-electron chi connectivity index (χ3n) is 6.55. The highest BCUT2D eigenvalue weighted by Gasteiger charge is 2.14. The van der Waals surface area contributed by atoms with Crippen LogP contribution >= 0.6 is 0 Å². The lowest BCUT2D eigenvalue weighted by Gasteiger charge is -2.18. The molecule has 1 N–H and O–H groups in total. The van der Waals surface area contributed by atoms with Gasteiger partial charge in [-0.1, -0.05) is 107 Å². The molecule has 0 saturated heterocycles. The smallest absolute Gasteiger partial charge is 0.306 e. The Hall–Kier alpha value is -2.10. The summed E-state index contributed by atoms with van der Waals surface area (Å²) >= 11 is 0. The molecule has 4 heteroatoms. The molecule has 0 spiro atoms. The Morgan fingerprint density at radius 3 is 1.61 bits per heavy atom. The number of allylic oxidation sites excluding steroid dienone is 8. The van der Waals surface area contributed by atoms with Crippen molar-refractivity contribution in [1.29, 1.82) is 0 Å². The van der Waals surface area contributed by atoms with Crippen LogP contribution in [0.5, 0.6) is 0 Å². The minimum Gasteiger partial charge on any atom is -0.481 e. The first kappa shape index (κ1) is 35.9. The zero-order valence-corrected chi connectivity index (χ0v) is 24.7. The Morgan fingerprint density at radius 2 is 1.05 bits per heavy atom. The maximum atomic E-state index is 12.4. The molecule has 0 bridgehead atoms. The van der Waals surface area contributed by atoms with E-state index in [9.17, 15) is 9.59 Å². The molecule has 0 fully saturated rings. The van der Waals surface area contributed by atoms with E-state index in [1.165, 1.54) is 44.9 Å². The van der Waals surface area contributed by atoms with Crippen LogP contribution in [0.1, 0.15) is 149 Å². The molecular formula is C34H58O4. The van der Waals surface area contributed by atoms with Crippen LogP contribution in [0.25, 0.3) is 0 Å². The molecule has 0 heterocycles. The van der Waals surface area contributed by atoms with Crippen molar-refractivity contribution in [1.82, 2.24) is 0 Å². The standard InChI is InChI=1S/C34H58O4/c1-3-5-7-9-10-11-12-13-14-15-16-17-18-19-20-21-27-31-34(37)38-32(28-24-8-6-4-2)29-25-22-23-26-30-33(35)36/h10-11,13-14,16-17,19-20,32H,3-9,12,15,18,21-31H2,1-2H3,(H,35,36)/b11-10-,14-13-,17-16-,20-19-. The molecule has 0 rings (SSSR count). The molecule has 38 heavy (non-hydrogen) atoms. The maximum Gasteiger partial charge on any atom is 0.306 e. The van der Waals surface area contributed by atoms with E-state index < -0.39 is 5.97 Å². The number of rotatable bonds is 27. The van der Waals surface area contributed by atoms with Crippen LogP contribution in [-0.2, 0) is 14.3 Å². The Morgan fingerprint density at radius 1 is 0.579 bits per heavy atom. The SMILES string of the molecule is CCCCC/C=C\C/C=C\C/C=C\C/C=C\CCCC(=O)OC(CCCCCC)CCCCCCC(=O)O. The predicted molar refractivity (Wildman–Crippen MR) is 162 cm³/mol. The quantitative estimate of drug-likeness (QED) is 0.0651. The Bertz CT molecular complexity index is 659. The number of ether oxygens (including phenoxy) is 1. The van der Waals surface area contributed by atoms with Crippen LogP contribution in [0, 0.1) is 0 Å². The third kappa shape index (κ3) is 28.5. The lowest BCUT2D eigenvalue weighted by Crippen LogP contribution is -2.18. The van der Waals surface area contributed by atoms with Crippen molar-refractivity contribution in [2.24, 2.45) is 0 Å². The number of hydrogen-bond donors (Lipinski definition) is 1. The lowest BCUT2D eigenvalue weighted by atomic mass is 10.0. The number of carbonyl (C=O) groups is 2. The summed E-state index contributed by atoms with van der Waals surface area (Å²) in [4.78, 5) is 23.0. The van der Waals surface area contributed by atoms with Crippen molar-refractivity contribution in [2.45, 2.75) is 155 Å². The highest BCUT2D eigenvalue weighted by atomic mass is 16.5. The van der Waals surface area contributed by atoms with Gasteiger partial charge in [-0.3, -0.25) is 9.59 Å². The van der Waals surface area contributed by atoms with Crippen LogP contribution < -0.4 is 0 Å². The average molecular weight is 531 g/mol. The predicted octanol–water partition coefficient (Wildman–Crippen LogP) is 10.4. The number of esters is 1. The van der Waals surface area contributed by atoms with Crippen LogP contribution in [0.15, 0.2) is 48.6 Å². The van der Waals surface area contributed by atoms with Crippen molar-refractivity contribution in [3.63, 3.8) is 0 Å². The van der Waals surface area contributed by atoms with Gasteiger partial charge < -0.3 is 9.84 Å². The van der Waals surface area contributed by atoms with Gasteiger partial charge >= 0.3 is 11.9 Å². The molecule has 0 aromatic heterocycles. The first-order chi connectivity index (χ1) is 18.6. The van der Waals surface area contributed by atoms with Crippen LogP contribution in [0.3, 0.4) is 0 Å². The van der Waals surface area contributed by atoms with Gasteiger partial charge in [-0.15, -0.1) is 0 Å². The molecule has 4 nitrogen and oxygen atoms in total. The van der Waals surface area contributed by atoms with Gasteiger partial charge in [0.1, 0.15) is 6.10 Å². The monoisotopic (exact) mass is 530 g/mol. The number of carbonyl (C=O) groups excluding carboxylic acids is 1. The molecule has 1 atom stereocenters. The number of aliphatic carboxylic acids is 1. The summed E-state index contributed by atoms with van der Waals surface area (Å²) in [5, 5.41) is 8.74. The molecule has 0 amide bonds. The van der Waals surface area contributed by atoms with Crippen LogP contribution in [0.4, 0.5) is 0 Å². The molecule has 0 radical (unpaired) electrons. The molecule has 0 aliphatic carbocycles. The summed E-state index contributed by atoms with van der Waals surface area (Å²) in [6.07, 6.45) is 38.5. The van der Waals surface area contributed by atoms with Crippen LogP contribution in [-0.4, -0.2) is 23.1 Å². The fourth-order valence-corrected chi connectivity index (χ4v) is 4.23. The summed E-state index contributed by atoms with van der Waals surface area (Å²) in [6.45, 7) is 4.44. The van der Waals surface area contributed by atoms with Gasteiger partial charge in [-0.05, 0) is 77.0 Å². The number of unbranched alkanes of at least 4 members (excludes halogenated alkanes) is 10. The molecule has 0 aliphatic heterocycles. The van der Waals surface area contributed by atoms with E-state index >= 15 is 0 Å². The molecule has 1 unspecified atom stereocenters. The van der Waals surface area contributed by atoms with Gasteiger partial charge in [0.2, 0.25) is 0 Å². The maximum absolute atomic E-state index is 12.4. The highest BCUT2D eigenvalue weighted by Crippen LogP contribution is 2.17. The van der Waals surface area contributed by atoms with E-state index in [2.05, 4.69) is 62.5 Å². The minimum absolute atomic E-state index is 0.00961. The zero-order chi connectivity index (χ0) is 27.9. The topological polar surface area (TPSA) is 63.6 Å². The van der Waals surface area contributed by atoms with Gasteiger partial charge in [0, 0.05) is 12.8 Å². The van der Waals surface area contributed by atoms with Gasteiger partial charge in [0.15, 0.2) is 0 Å². The van der Waals surface area contributed by atoms with Gasteiger partial charge in [-0.25, -0.2) is 0 Å². The average Bonchev–Trinajstić information content (AvgIpc) is 2.90. The van der Waals surface area contributed by atoms with Crippen molar-refractivity contribution in [3.8, 4) is 0 Å². The van der Waals surface area contributed by atoms with E-state index in [0.29, 0.717) is 6.42 Å². The largest absolute Gasteiger partial charge is 0.481 e. The molecule has 0 aromatic rings. The minimum atomic E-state index is -0.723. The number of carboxylic acids is 1. The first-order valence-corrected chi connectivity index (χ1v) is 15.6. The Balaban J connectivity index is 3.97. The second-order valence-electron chi connectivity index (χ2n) is 10.3. The molecule has 0 aromatic carbocycles. The fourth-order valence-electron chi connectivity index (χ4n) is 4.23. The van der Waals surface area contributed by atoms with E-state index in [1.807, 2.05) is 0 Å². The highest BCUT2D eigenvalue weighted by molar-refractivity contribution is 5.69. The van der Waals surface area contributed by atoms with Crippen LogP contribution in [0.2, 0.25) is 0 Å². The Kier molecular flexibility index (Phi) is 27.8. The van der Waals surface area contributed by atoms with E-state index in [1.54, 1.807) is 0 Å². The second kappa shape index (κ2) is 29.5. The van der Waals surface area contributed by atoms with Gasteiger partial charge in [0.05, 0.1) is 0 Å². The summed E-state index contributed by atoms with van der Waals surface area (Å²) in [7, 11) is 0. The number of hydrogen-bond acceptors (Lipinski definition) is 3. The fraction of sp³-hybridized carbons (Fsp3) is 0.706. The van der Waals surface area contributed by atoms with Crippen molar-refractivity contribution in [3.05, 3.63) is 48.6 Å². The second-order valence-corrected chi connectivity index (χ2v) is 10.3. The van der Waals surface area contributed by atoms with E-state index in [-0.39, 0.29) is 18.5 Å². The molecule has 0 saturated carbocycles. The Labute approximate surface area is 234 Å². The van der Waals surface area contributed by atoms with E-state index in [4.69, 9.17) is 9.84 Å². The summed E-state index contributed by atoms with van der Waals surface area (Å²) in [5.74, 6) is -0.800. The molecular weight excluding hydrogens is 472 g/mol. The molecule has 218 valence electrons. The van der Waals surface area contributed by atoms with Crippen molar-refractivity contribution < 1.29 is 19.4 Å². The lowest BCUT2D eigenvalue weighted by molar-refractivity contribution is -0.150. The van der Waals surface area contributed by atoms with Gasteiger partial charge in [0.25, 0.3) is 0 Å². The zero-order valence-electron chi connectivity index (χ0n) is 24.7. The third-order valence-corrected chi connectivity index (χ3v) is 6.55. The first-order valence-electron chi connectivity index (χ1n) is 15.6. The summed E-state index contributed by atoms with van der Waals surface area (Å²) in [5.41, 5.74) is 0. The summed E-state index contributed by atoms with van der Waals surface area (Å²) in [6, 6.07) is 0. The number of carboxylic acid groups (broad SMARTS) is 1. The normalized spacial score (nSPS) is 12.9. The van der Waals surface area contributed by atoms with Gasteiger partial charge in [-0.2, -0.15) is 0 Å².